The van der Waals surface area contributed by atoms with Gasteiger partial charge < -0.3 is 10.6 Å². The van der Waals surface area contributed by atoms with Crippen LogP contribution in [0.3, 0.4) is 0 Å². The average molecular weight is 288 g/mol. The molecule has 0 heterocycles. The molecule has 0 bridgehead atoms. The molecule has 2 rings (SSSR count). The Bertz CT molecular complexity index is 570. The molecule has 3 nitrogen and oxygen atoms in total. The first-order valence-corrected chi connectivity index (χ1v) is 7.46. The van der Waals surface area contributed by atoms with Crippen LogP contribution < -0.4 is 5.73 Å². The van der Waals surface area contributed by atoms with Gasteiger partial charge in [0.05, 0.1) is 12.1 Å². The molecule has 1 fully saturated rings. The normalized spacial score (nSPS) is 13.5. The molecule has 1 aliphatic rings. The zero-order valence-corrected chi connectivity index (χ0v) is 12.4. The molecule has 2 N–H and O–H groups in total. The quantitative estimate of drug-likeness (QED) is 0.846. The minimum atomic E-state index is -0.508. The second-order valence-corrected chi connectivity index (χ2v) is 5.28. The molecule has 112 valence electrons. The number of hydrogen-bond acceptors (Lipinski definition) is 2. The Morgan fingerprint density at radius 1 is 1.48 bits per heavy atom. The summed E-state index contributed by atoms with van der Waals surface area (Å²) in [5.74, 6) is 4.73. The Kier molecular flexibility index (Phi) is 5.35. The lowest BCUT2D eigenvalue weighted by molar-refractivity contribution is 0.0736. The largest absolute Gasteiger partial charge is 0.336 e. The summed E-state index contributed by atoms with van der Waals surface area (Å²) in [7, 11) is 0. The first-order valence-electron chi connectivity index (χ1n) is 7.46. The predicted molar refractivity (Wildman–Crippen MR) is 81.3 cm³/mol. The van der Waals surface area contributed by atoms with Crippen molar-refractivity contribution in [2.75, 3.05) is 13.1 Å². The van der Waals surface area contributed by atoms with Crippen LogP contribution in [0.2, 0.25) is 0 Å². The first-order chi connectivity index (χ1) is 10.2. The van der Waals surface area contributed by atoms with Crippen LogP contribution in [0.5, 0.6) is 0 Å². The Balaban J connectivity index is 2.17. The van der Waals surface area contributed by atoms with Crippen molar-refractivity contribution in [3.05, 3.63) is 35.1 Å². The second kappa shape index (κ2) is 7.24. The number of carbonyl (C=O) groups excluding carboxylic acids is 1. The number of hydrogen-bond donors (Lipinski definition) is 1. The zero-order valence-electron chi connectivity index (χ0n) is 12.4. The molecular weight excluding hydrogens is 267 g/mol. The fourth-order valence-electron chi connectivity index (χ4n) is 2.24. The maximum absolute atomic E-state index is 14.1. The molecule has 0 saturated heterocycles. The summed E-state index contributed by atoms with van der Waals surface area (Å²) in [6, 6.07) is 4.80. The molecule has 1 aliphatic carbocycles. The van der Waals surface area contributed by atoms with Crippen molar-refractivity contribution < 1.29 is 9.18 Å². The summed E-state index contributed by atoms with van der Waals surface area (Å²) >= 11 is 0. The number of benzene rings is 1. The number of halogens is 1. The Morgan fingerprint density at radius 2 is 2.24 bits per heavy atom. The number of carbonyl (C=O) groups is 1. The lowest BCUT2D eigenvalue weighted by atomic mass is 10.1. The number of nitrogens with two attached hydrogens (primary N) is 1. The SMILES string of the molecule is CCCCN(C(=O)c1ccc(C#CCN)cc1F)C1CC1. The van der Waals surface area contributed by atoms with Gasteiger partial charge in [-0.2, -0.15) is 0 Å². The molecule has 0 spiro atoms. The van der Waals surface area contributed by atoms with E-state index in [0.717, 1.165) is 25.7 Å². The van der Waals surface area contributed by atoms with Gasteiger partial charge in [0, 0.05) is 18.2 Å². The molecule has 1 amide bonds. The summed E-state index contributed by atoms with van der Waals surface area (Å²) in [4.78, 5) is 14.3. The highest BCUT2D eigenvalue weighted by Gasteiger charge is 2.33. The summed E-state index contributed by atoms with van der Waals surface area (Å²) < 4.78 is 14.1. The van der Waals surface area contributed by atoms with E-state index in [-0.39, 0.29) is 18.0 Å². The number of amides is 1. The summed E-state index contributed by atoms with van der Waals surface area (Å²) in [5.41, 5.74) is 5.97. The molecule has 1 aromatic rings. The predicted octanol–water partition coefficient (Wildman–Crippen LogP) is 2.54. The molecule has 0 aromatic heterocycles. The third-order valence-electron chi connectivity index (χ3n) is 3.54. The van der Waals surface area contributed by atoms with Gasteiger partial charge in [0.25, 0.3) is 5.91 Å². The fraction of sp³-hybridized carbons (Fsp3) is 0.471. The smallest absolute Gasteiger partial charge is 0.257 e. The summed E-state index contributed by atoms with van der Waals surface area (Å²) in [6.45, 7) is 3.02. The fourth-order valence-corrected chi connectivity index (χ4v) is 2.24. The van der Waals surface area contributed by atoms with E-state index in [1.807, 2.05) is 4.90 Å². The van der Waals surface area contributed by atoms with Gasteiger partial charge in [-0.3, -0.25) is 4.79 Å². The van der Waals surface area contributed by atoms with Crippen molar-refractivity contribution in [1.29, 1.82) is 0 Å². The lowest BCUT2D eigenvalue weighted by Gasteiger charge is -2.22. The van der Waals surface area contributed by atoms with E-state index in [2.05, 4.69) is 18.8 Å². The third kappa shape index (κ3) is 4.05. The number of rotatable bonds is 5. The van der Waals surface area contributed by atoms with Gasteiger partial charge in [0.2, 0.25) is 0 Å². The standard InChI is InChI=1S/C17H21FN2O/c1-2-3-11-20(14-7-8-14)17(21)15-9-6-13(5-4-10-19)12-16(15)18/h6,9,12,14H,2-3,7-8,10-11,19H2,1H3. The molecule has 0 unspecified atom stereocenters. The summed E-state index contributed by atoms with van der Waals surface area (Å²) in [6.07, 6.45) is 4.02. The molecule has 0 aliphatic heterocycles. The monoisotopic (exact) mass is 288 g/mol. The molecule has 1 aromatic carbocycles. The van der Waals surface area contributed by atoms with Crippen LogP contribution in [-0.2, 0) is 0 Å². The van der Waals surface area contributed by atoms with Gasteiger partial charge in [0.15, 0.2) is 0 Å². The first kappa shape index (κ1) is 15.5. The summed E-state index contributed by atoms with van der Waals surface area (Å²) in [5, 5.41) is 0. The van der Waals surface area contributed by atoms with Crippen LogP contribution >= 0.6 is 0 Å². The van der Waals surface area contributed by atoms with Crippen molar-refractivity contribution in [3.8, 4) is 11.8 Å². The Labute approximate surface area is 125 Å². The van der Waals surface area contributed by atoms with Crippen LogP contribution in [-0.4, -0.2) is 29.9 Å². The number of nitrogens with zero attached hydrogens (tertiary/aromatic N) is 1. The van der Waals surface area contributed by atoms with Crippen molar-refractivity contribution in [2.45, 2.75) is 38.6 Å². The van der Waals surface area contributed by atoms with Gasteiger partial charge in [-0.05, 0) is 37.5 Å². The topological polar surface area (TPSA) is 46.3 Å². The van der Waals surface area contributed by atoms with Gasteiger partial charge in [0.1, 0.15) is 5.82 Å². The van der Waals surface area contributed by atoms with Crippen LogP contribution in [0.25, 0.3) is 0 Å². The highest BCUT2D eigenvalue weighted by molar-refractivity contribution is 5.95. The van der Waals surface area contributed by atoms with Crippen molar-refractivity contribution in [2.24, 2.45) is 5.73 Å². The third-order valence-corrected chi connectivity index (χ3v) is 3.54. The van der Waals surface area contributed by atoms with Crippen LogP contribution in [0.15, 0.2) is 18.2 Å². The highest BCUT2D eigenvalue weighted by atomic mass is 19.1. The van der Waals surface area contributed by atoms with E-state index in [1.165, 1.54) is 12.1 Å². The van der Waals surface area contributed by atoms with E-state index < -0.39 is 5.82 Å². The maximum atomic E-state index is 14.1. The molecular formula is C17H21FN2O. The molecule has 0 radical (unpaired) electrons. The van der Waals surface area contributed by atoms with Crippen molar-refractivity contribution in [1.82, 2.24) is 4.90 Å². The second-order valence-electron chi connectivity index (χ2n) is 5.28. The van der Waals surface area contributed by atoms with Gasteiger partial charge in [-0.1, -0.05) is 25.2 Å². The molecule has 1 saturated carbocycles. The molecule has 21 heavy (non-hydrogen) atoms. The van der Waals surface area contributed by atoms with Crippen molar-refractivity contribution >= 4 is 5.91 Å². The van der Waals surface area contributed by atoms with Crippen molar-refractivity contribution in [3.63, 3.8) is 0 Å². The zero-order chi connectivity index (χ0) is 15.2. The van der Waals surface area contributed by atoms with E-state index in [1.54, 1.807) is 6.07 Å². The Morgan fingerprint density at radius 3 is 2.81 bits per heavy atom. The van der Waals surface area contributed by atoms with E-state index in [0.29, 0.717) is 18.2 Å². The maximum Gasteiger partial charge on any atom is 0.257 e. The van der Waals surface area contributed by atoms with E-state index in [4.69, 9.17) is 5.73 Å². The van der Waals surface area contributed by atoms with Gasteiger partial charge in [-0.15, -0.1) is 0 Å². The Hall–Kier alpha value is -1.86. The van der Waals surface area contributed by atoms with E-state index >= 15 is 0 Å². The van der Waals surface area contributed by atoms with Crippen LogP contribution in [0.4, 0.5) is 4.39 Å². The molecule has 0 atom stereocenters. The molecule has 4 heteroatoms. The van der Waals surface area contributed by atoms with Gasteiger partial charge in [-0.25, -0.2) is 4.39 Å². The van der Waals surface area contributed by atoms with Crippen LogP contribution in [0, 0.1) is 17.7 Å². The average Bonchev–Trinajstić information content (AvgIpc) is 3.30. The van der Waals surface area contributed by atoms with Crippen LogP contribution in [0.1, 0.15) is 48.5 Å². The lowest BCUT2D eigenvalue weighted by Crippen LogP contribution is -2.34. The highest BCUT2D eigenvalue weighted by Crippen LogP contribution is 2.29. The van der Waals surface area contributed by atoms with Gasteiger partial charge >= 0.3 is 0 Å². The minimum absolute atomic E-state index is 0.135. The van der Waals surface area contributed by atoms with E-state index in [9.17, 15) is 9.18 Å². The minimum Gasteiger partial charge on any atom is -0.336 e. The number of unbranched alkanes of at least 4 members (excludes halogenated alkanes) is 1.